The van der Waals surface area contributed by atoms with Crippen LogP contribution in [0, 0.1) is 55.0 Å². The molecule has 12 nitrogen and oxygen atoms in total. The molecule has 8 atom stereocenters. The zero-order valence-electron chi connectivity index (χ0n) is 59.2. The van der Waals surface area contributed by atoms with Gasteiger partial charge in [-0.2, -0.15) is 70.2 Å². The lowest BCUT2D eigenvalue weighted by molar-refractivity contribution is -0.306. The average molecular weight is 1730 g/mol. The molecule has 0 aromatic heterocycles. The van der Waals surface area contributed by atoms with Crippen molar-refractivity contribution in [3.63, 3.8) is 0 Å². The van der Waals surface area contributed by atoms with Gasteiger partial charge in [0.2, 0.25) is 0 Å². The third kappa shape index (κ3) is 12.2. The zero-order valence-corrected chi connectivity index (χ0v) is 59.2. The van der Waals surface area contributed by atoms with Gasteiger partial charge in [-0.15, -0.1) is 0 Å². The fraction of sp³-hybridized carbons (Fsp3) is 0.333. The molecule has 0 bridgehead atoms. The van der Waals surface area contributed by atoms with E-state index in [2.05, 4.69) is 19.4 Å². The highest BCUT2D eigenvalue weighted by atomic mass is 19.3. The minimum Gasteiger partial charge on any atom is -0.458 e. The van der Waals surface area contributed by atoms with E-state index in [-0.39, 0.29) is 28.5 Å². The lowest BCUT2D eigenvalue weighted by atomic mass is 9.65. The molecular weight excluding hydrogens is 1690 g/mol. The van der Waals surface area contributed by atoms with E-state index in [9.17, 15) is 148 Å². The number of halogens is 30. The first-order valence-electron chi connectivity index (χ1n) is 33.8. The van der Waals surface area contributed by atoms with Crippen molar-refractivity contribution in [3.05, 3.63) is 257 Å². The van der Waals surface area contributed by atoms with E-state index in [0.29, 0.717) is 60.7 Å². The Morgan fingerprint density at radius 3 is 0.683 bits per heavy atom. The molecule has 4 N–H and O–H groups in total. The summed E-state index contributed by atoms with van der Waals surface area (Å²) >= 11 is 0. The lowest BCUT2D eigenvalue weighted by Gasteiger charge is -2.45. The van der Waals surface area contributed by atoms with Crippen LogP contribution in [0.2, 0.25) is 0 Å². The highest BCUT2D eigenvalue weighted by Crippen LogP contribution is 2.75. The van der Waals surface area contributed by atoms with Crippen molar-refractivity contribution < 1.29 is 171 Å². The zero-order chi connectivity index (χ0) is 89.1. The van der Waals surface area contributed by atoms with Crippen LogP contribution in [0.5, 0.6) is 46.0 Å². The summed E-state index contributed by atoms with van der Waals surface area (Å²) in [6.07, 6.45) is -19.8. The van der Waals surface area contributed by atoms with Crippen LogP contribution in [-0.2, 0) is 46.1 Å². The smallest absolute Gasteiger partial charge is 0.346 e. The maximum Gasteiger partial charge on any atom is 0.346 e. The summed E-state index contributed by atoms with van der Waals surface area (Å²) in [5.41, 5.74) is -33.6. The fourth-order valence-corrected chi connectivity index (χ4v) is 16.0. The molecule has 0 saturated heterocycles. The van der Waals surface area contributed by atoms with E-state index < -0.39 is 274 Å². The lowest BCUT2D eigenvalue weighted by Crippen LogP contribution is -2.54. The number of nitrogens with zero attached hydrogens (tertiary/aromatic N) is 4. The molecule has 632 valence electrons. The highest BCUT2D eigenvalue weighted by molar-refractivity contribution is 5.66. The summed E-state index contributed by atoms with van der Waals surface area (Å²) in [6, 6.07) is 14.7. The molecule has 8 aliphatic rings. The third-order valence-corrected chi connectivity index (χ3v) is 21.3. The molecule has 8 aromatic rings. The van der Waals surface area contributed by atoms with E-state index in [1.807, 2.05) is 0 Å². The standard InChI is InChI=1S/C21H15F6NO2.3C19H9F8NO2/c1-18(2)9-19(29)16-13(20(24,25)21(19,26)27)4-5-14(15(16)17(18)23)30-12-7-10(22)6-11(8-12)28-3;3*1-28-9-4-8(20)5-10(6-9)30-12-3-2-11-14-13(12)15(21)17(22,23)7-16(14,29)19(26,27)18(11,24)25/h4-8,17,29H,9H2,1-2H3;3*2-6,15,29H,7H2/t17-,19-;15?,16-;15-,16+;15-,16-/m1000/s1. The van der Waals surface area contributed by atoms with E-state index in [1.165, 1.54) is 13.8 Å². The van der Waals surface area contributed by atoms with Gasteiger partial charge in [0.15, 0.2) is 63.7 Å². The van der Waals surface area contributed by atoms with Gasteiger partial charge in [0.05, 0.1) is 45.6 Å². The quantitative estimate of drug-likeness (QED) is 0.0873. The molecule has 120 heavy (non-hydrogen) atoms. The van der Waals surface area contributed by atoms with E-state index in [4.69, 9.17) is 45.2 Å². The topological polar surface area (TPSA) is 135 Å². The summed E-state index contributed by atoms with van der Waals surface area (Å²) in [5.74, 6) is -63.3. The predicted molar refractivity (Wildman–Crippen MR) is 350 cm³/mol. The van der Waals surface area contributed by atoms with Crippen molar-refractivity contribution in [2.75, 3.05) is 0 Å². The van der Waals surface area contributed by atoms with E-state index in [1.54, 1.807) is 0 Å². The summed E-state index contributed by atoms with van der Waals surface area (Å²) in [4.78, 5) is 11.9. The molecule has 0 amide bonds. The number of rotatable bonds is 8. The molecule has 42 heteroatoms. The number of ether oxygens (including phenoxy) is 4. The van der Waals surface area contributed by atoms with Crippen LogP contribution in [0.4, 0.5) is 154 Å². The Morgan fingerprint density at radius 2 is 0.483 bits per heavy atom. The predicted octanol–water partition coefficient (Wildman–Crippen LogP) is 25.0. The van der Waals surface area contributed by atoms with Crippen LogP contribution in [-0.4, -0.2) is 61.9 Å². The molecule has 0 saturated carbocycles. The van der Waals surface area contributed by atoms with Gasteiger partial charge in [-0.1, -0.05) is 13.8 Å². The molecule has 0 radical (unpaired) electrons. The van der Waals surface area contributed by atoms with Gasteiger partial charge >= 0.3 is 47.4 Å². The van der Waals surface area contributed by atoms with Crippen LogP contribution in [0.3, 0.4) is 0 Å². The Hall–Kier alpha value is -11.3. The van der Waals surface area contributed by atoms with Gasteiger partial charge in [0, 0.05) is 96.4 Å². The number of benzene rings is 8. The Balaban J connectivity index is 0.000000138. The average Bonchev–Trinajstić information content (AvgIpc) is 1.53. The number of alkyl halides is 26. The minimum absolute atomic E-state index is 0.133. The van der Waals surface area contributed by atoms with Crippen molar-refractivity contribution in [3.8, 4) is 46.0 Å². The van der Waals surface area contributed by atoms with Crippen molar-refractivity contribution in [1.29, 1.82) is 0 Å². The van der Waals surface area contributed by atoms with Gasteiger partial charge in [-0.3, -0.25) is 0 Å². The maximum atomic E-state index is 15.4. The van der Waals surface area contributed by atoms with E-state index >= 15 is 4.39 Å². The molecule has 16 rings (SSSR count). The second-order valence-corrected chi connectivity index (χ2v) is 29.5. The second kappa shape index (κ2) is 27.1. The summed E-state index contributed by atoms with van der Waals surface area (Å²) < 4.78 is 450. The maximum absolute atomic E-state index is 15.4. The SMILES string of the molecule is [C-]#[N+]c1cc(F)cc(Oc2ccc3c4c2C(F)C(F)(F)C[C@@]4(O)C(F)(F)C3(F)F)c1.[C-]#[N+]c1cc(F)cc(Oc2ccc3c4c2[C@@H](F)C(C)(C)C[C@]4(O)C(F)(F)C3(F)F)c1.[C-]#[N+]c1cc(F)cc(Oc2ccc3c4c2[C@H](F)C(F)(F)C[C@@]4(O)C(F)(F)C3(F)F)c1.[C-]#[N+]c1cc(F)cc(Oc2ccc3c4c2[C@H](F)C(F)(F)C[C@]4(O)C(F)(F)C3(F)F)c1. The number of hydrogen-bond donors (Lipinski definition) is 4. The first-order valence-corrected chi connectivity index (χ1v) is 33.8. The fourth-order valence-electron chi connectivity index (χ4n) is 16.0. The van der Waals surface area contributed by atoms with Crippen molar-refractivity contribution >= 4 is 22.7 Å². The second-order valence-electron chi connectivity index (χ2n) is 29.5. The Morgan fingerprint density at radius 1 is 0.292 bits per heavy atom. The van der Waals surface area contributed by atoms with Crippen molar-refractivity contribution in [1.82, 2.24) is 0 Å². The van der Waals surface area contributed by atoms with Gasteiger partial charge < -0.3 is 39.4 Å². The van der Waals surface area contributed by atoms with Crippen LogP contribution in [0.15, 0.2) is 121 Å². The number of aliphatic hydroxyl groups is 4. The summed E-state index contributed by atoms with van der Waals surface area (Å²) in [6.45, 7) is 30.1. The van der Waals surface area contributed by atoms with Gasteiger partial charge in [0.25, 0.3) is 17.8 Å². The summed E-state index contributed by atoms with van der Waals surface area (Å²) in [7, 11) is 0. The van der Waals surface area contributed by atoms with Gasteiger partial charge in [-0.25, -0.2) is 80.8 Å². The minimum atomic E-state index is -5.35. The summed E-state index contributed by atoms with van der Waals surface area (Å²) in [5, 5.41) is 41.6. The Bertz CT molecular complexity index is 5140. The first-order chi connectivity index (χ1) is 55.0. The Labute approximate surface area is 652 Å². The van der Waals surface area contributed by atoms with Gasteiger partial charge in [-0.05, 0) is 103 Å². The van der Waals surface area contributed by atoms with Crippen LogP contribution < -0.4 is 18.9 Å². The van der Waals surface area contributed by atoms with Crippen molar-refractivity contribution in [2.45, 2.75) is 152 Å². The normalized spacial score (nSPS) is 27.3. The van der Waals surface area contributed by atoms with E-state index in [0.717, 1.165) is 60.7 Å². The molecule has 8 aliphatic carbocycles. The van der Waals surface area contributed by atoms with Crippen LogP contribution >= 0.6 is 0 Å². The van der Waals surface area contributed by atoms with Crippen LogP contribution in [0.25, 0.3) is 19.4 Å². The first kappa shape index (κ1) is 86.5. The third-order valence-electron chi connectivity index (χ3n) is 21.3. The molecule has 0 heterocycles. The van der Waals surface area contributed by atoms with Gasteiger partial charge in [0.1, 0.15) is 75.4 Å². The molecule has 8 aromatic carbocycles. The molecule has 1 unspecified atom stereocenters. The molecular formula is C78H42F30N4O8. The number of hydrogen-bond acceptors (Lipinski definition) is 8. The monoisotopic (exact) mass is 1730 g/mol. The van der Waals surface area contributed by atoms with Crippen LogP contribution in [0.1, 0.15) is 131 Å². The largest absolute Gasteiger partial charge is 0.458 e. The van der Waals surface area contributed by atoms with Crippen molar-refractivity contribution in [2.24, 2.45) is 5.41 Å². The molecule has 0 aliphatic heterocycles. The molecule has 0 spiro atoms. The molecule has 0 fully saturated rings. The highest BCUT2D eigenvalue weighted by Gasteiger charge is 2.85. The Kier molecular flexibility index (Phi) is 19.5.